The largest absolute Gasteiger partial charge is 3.00 e. The molecule has 0 aromatic heterocycles. The summed E-state index contributed by atoms with van der Waals surface area (Å²) in [6, 6.07) is -3.46. The second-order valence-corrected chi connectivity index (χ2v) is 14.2. The smallest absolute Gasteiger partial charge is 0.756 e. The van der Waals surface area contributed by atoms with Gasteiger partial charge in [0.25, 0.3) is 0 Å². The molecule has 1 aliphatic rings. The second-order valence-electron chi connectivity index (χ2n) is 14.2. The summed E-state index contributed by atoms with van der Waals surface area (Å²) in [4.78, 5) is 111. The summed E-state index contributed by atoms with van der Waals surface area (Å²) in [7, 11) is 0. The molecule has 61 heavy (non-hydrogen) atoms. The third-order valence-electron chi connectivity index (χ3n) is 8.62. The second kappa shape index (κ2) is 30.0. The number of ether oxygens (including phenoxy) is 3. The molecule has 0 aromatic rings. The van der Waals surface area contributed by atoms with Crippen LogP contribution in [0.4, 0.5) is 0 Å². The Morgan fingerprint density at radius 1 is 0.508 bits per heavy atom. The van der Waals surface area contributed by atoms with Gasteiger partial charge in [-0.15, -0.1) is 0 Å². The molecular weight excluding hydrogens is 848 g/mol. The molecule has 0 unspecified atom stereocenters. The van der Waals surface area contributed by atoms with E-state index in [-0.39, 0.29) is 130 Å². The van der Waals surface area contributed by atoms with Gasteiger partial charge in [0.15, 0.2) is 0 Å². The Hall–Kier alpha value is -5.15. The first-order chi connectivity index (χ1) is 28.2. The number of carbonyl (C=O) groups excluding carboxylic acids is 9. The molecule has 0 spiro atoms. The monoisotopic (exact) mass is 905 g/mol. The zero-order valence-electron chi connectivity index (χ0n) is 35.4. The molecule has 3 N–H and O–H groups in total. The molecule has 6 amide bonds. The van der Waals surface area contributed by atoms with Crippen molar-refractivity contribution < 1.29 is 74.4 Å². The van der Waals surface area contributed by atoms with E-state index in [2.05, 4.69) is 16.0 Å². The molecule has 0 aromatic carbocycles. The number of carbonyl (C=O) groups is 9. The van der Waals surface area contributed by atoms with Crippen LogP contribution >= 0.6 is 0 Å². The number of nitrogens with zero attached hydrogens (tertiary/aromatic N) is 3. The average molecular weight is 906 g/mol. The maximum absolute atomic E-state index is 12.8. The van der Waals surface area contributed by atoms with E-state index in [0.717, 1.165) is 18.2 Å². The molecule has 22 heteroatoms. The number of hydrogen-bond donors (Lipinski definition) is 3. The summed E-state index contributed by atoms with van der Waals surface area (Å²) in [5, 5.41) is 45.2. The van der Waals surface area contributed by atoms with Gasteiger partial charge in [-0.25, -0.2) is 14.4 Å². The molecule has 1 rings (SSSR count). The average Bonchev–Trinajstić information content (AvgIpc) is 3.15. The molecule has 21 nitrogen and oxygen atoms in total. The maximum Gasteiger partial charge on any atom is 3.00 e. The van der Waals surface area contributed by atoms with E-state index in [9.17, 15) is 58.8 Å². The third kappa shape index (κ3) is 24.6. The van der Waals surface area contributed by atoms with Gasteiger partial charge < -0.3 is 61.0 Å². The Morgan fingerprint density at radius 3 is 0.951 bits per heavy atom. The van der Waals surface area contributed by atoms with Crippen LogP contribution in [0.15, 0.2) is 34.9 Å². The van der Waals surface area contributed by atoms with Crippen molar-refractivity contribution >= 4 is 53.4 Å². The van der Waals surface area contributed by atoms with Crippen molar-refractivity contribution in [2.24, 2.45) is 0 Å². The minimum atomic E-state index is -1.15. The fourth-order valence-electron chi connectivity index (χ4n) is 5.44. The molecule has 1 aliphatic heterocycles. The van der Waals surface area contributed by atoms with Crippen LogP contribution in [0, 0.1) is 15.6 Å². The molecule has 0 saturated carbocycles. The SMILES string of the molecule is CC(=O)N[C@H]1CCCN([O-])C(=O)/C=C(\C)CCOC(=O)[C@@H](NC(C)=O)CCCN([O-])C(=O)/C=C(\C)CCOC(=O)[C@@H](NC(C)=O)CCCN([O-])C(=O)C=C(C)CCOC1=O.[Fe+3]. The van der Waals surface area contributed by atoms with Gasteiger partial charge in [-0.2, -0.15) is 0 Å². The van der Waals surface area contributed by atoms with Crippen molar-refractivity contribution in [3.8, 4) is 0 Å². The van der Waals surface area contributed by atoms with Crippen molar-refractivity contribution in [3.63, 3.8) is 0 Å². The molecule has 1 heterocycles. The standard InChI is InChI=1S/C39H57N6O15.Fe/c1-25-13-19-58-37(52)31(40-28(4)46)11-8-17-44(56)35(50)23-27(3)15-21-60-39(54)33(42-30(6)48)12-9-18-45(57)36(51)24-26(2)14-20-59-38(53)32(41-29(5)47)10-7-16-43(55)34(49)22-25;/h22-24,31-33H,7-21H2,1-6H3,(H,40,46)(H,41,47)(H,42,48);/q-3;+3/b25-22+,26-24+,27-23?;/t31-,32-,33-;/m0./s1. The molecule has 0 aliphatic carbocycles. The fourth-order valence-corrected chi connectivity index (χ4v) is 5.44. The Balaban J connectivity index is 0.0000360. The van der Waals surface area contributed by atoms with Gasteiger partial charge in [-0.3, -0.25) is 28.8 Å². The third-order valence-corrected chi connectivity index (χ3v) is 8.62. The number of hydroxylamine groups is 6. The van der Waals surface area contributed by atoms with Gasteiger partial charge in [0.1, 0.15) is 18.1 Å². The van der Waals surface area contributed by atoms with E-state index in [0.29, 0.717) is 16.7 Å². The molecule has 1 radical (unpaired) electrons. The maximum atomic E-state index is 12.8. The van der Waals surface area contributed by atoms with Crippen LogP contribution in [0.1, 0.15) is 99.3 Å². The molecule has 341 valence electrons. The van der Waals surface area contributed by atoms with Gasteiger partial charge in [0.05, 0.1) is 19.8 Å². The van der Waals surface area contributed by atoms with Crippen LogP contribution < -0.4 is 16.0 Å². The first kappa shape index (κ1) is 55.8. The van der Waals surface area contributed by atoms with Crippen LogP contribution in [-0.4, -0.2) is 126 Å². The van der Waals surface area contributed by atoms with E-state index in [1.165, 1.54) is 41.5 Å². The molecule has 0 fully saturated rings. The quantitative estimate of drug-likeness (QED) is 0.205. The summed E-state index contributed by atoms with van der Waals surface area (Å²) in [5.74, 6) is -6.86. The molecule has 3 atom stereocenters. The topological polar surface area (TPSA) is 296 Å². The zero-order valence-corrected chi connectivity index (χ0v) is 36.5. The van der Waals surface area contributed by atoms with Crippen molar-refractivity contribution in [2.75, 3.05) is 39.5 Å². The number of rotatable bonds is 3. The van der Waals surface area contributed by atoms with Gasteiger partial charge in [-0.05, 0) is 59.3 Å². The predicted molar refractivity (Wildman–Crippen MR) is 214 cm³/mol. The van der Waals surface area contributed by atoms with Gasteiger partial charge in [-0.1, -0.05) is 16.7 Å². The first-order valence-corrected chi connectivity index (χ1v) is 19.5. The van der Waals surface area contributed by atoms with Crippen LogP contribution in [0.2, 0.25) is 0 Å². The normalized spacial score (nSPS) is 23.6. The Kier molecular flexibility index (Phi) is 27.4. The van der Waals surface area contributed by atoms with Crippen molar-refractivity contribution in [3.05, 3.63) is 50.6 Å². The van der Waals surface area contributed by atoms with Crippen molar-refractivity contribution in [2.45, 2.75) is 117 Å². The van der Waals surface area contributed by atoms with Gasteiger partial charge in [0, 0.05) is 77.9 Å². The summed E-state index contributed by atoms with van der Waals surface area (Å²) in [6.45, 7) is 6.46. The number of amides is 6. The predicted octanol–water partition coefficient (Wildman–Crippen LogP) is 1.47. The van der Waals surface area contributed by atoms with Crippen LogP contribution in [0.5, 0.6) is 0 Å². The number of cyclic esters (lactones) is 3. The Morgan fingerprint density at radius 2 is 0.738 bits per heavy atom. The first-order valence-electron chi connectivity index (χ1n) is 19.5. The summed E-state index contributed by atoms with van der Waals surface area (Å²) >= 11 is 0. The summed E-state index contributed by atoms with van der Waals surface area (Å²) in [5.41, 5.74) is 1.16. The number of nitrogens with one attached hydrogen (secondary N) is 3. The minimum Gasteiger partial charge on any atom is -0.756 e. The van der Waals surface area contributed by atoms with Crippen LogP contribution in [0.25, 0.3) is 0 Å². The Labute approximate surface area is 365 Å². The number of esters is 3. The van der Waals surface area contributed by atoms with E-state index in [1.54, 1.807) is 0 Å². The summed E-state index contributed by atoms with van der Waals surface area (Å²) < 4.78 is 15.8. The summed E-state index contributed by atoms with van der Waals surface area (Å²) in [6.07, 6.45) is 3.14. The van der Waals surface area contributed by atoms with Crippen molar-refractivity contribution in [1.29, 1.82) is 0 Å². The molecule has 0 saturated heterocycles. The van der Waals surface area contributed by atoms with E-state index in [1.807, 2.05) is 0 Å². The van der Waals surface area contributed by atoms with Crippen molar-refractivity contribution in [1.82, 2.24) is 31.1 Å². The fraction of sp³-hybridized carbons (Fsp3) is 0.615. The van der Waals surface area contributed by atoms with E-state index < -0.39 is 71.5 Å². The van der Waals surface area contributed by atoms with Gasteiger partial charge in [0.2, 0.25) is 35.4 Å². The number of hydrogen-bond acceptors (Lipinski definition) is 15. The molecular formula is C39H57FeN6O15. The van der Waals surface area contributed by atoms with E-state index >= 15 is 0 Å². The minimum absolute atomic E-state index is 0. The van der Waals surface area contributed by atoms with E-state index in [4.69, 9.17) is 14.2 Å². The van der Waals surface area contributed by atoms with Crippen LogP contribution in [0.3, 0.4) is 0 Å². The Bertz CT molecular complexity index is 1450. The molecule has 0 bridgehead atoms. The van der Waals surface area contributed by atoms with Crippen LogP contribution in [-0.2, 0) is 74.4 Å². The van der Waals surface area contributed by atoms with Gasteiger partial charge >= 0.3 is 35.0 Å². The zero-order chi connectivity index (χ0) is 45.4.